The lowest BCUT2D eigenvalue weighted by Gasteiger charge is -2.05. The van der Waals surface area contributed by atoms with E-state index in [2.05, 4.69) is 36.1 Å². The van der Waals surface area contributed by atoms with Crippen molar-refractivity contribution < 1.29 is 4.68 Å². The number of nitrogens with zero attached hydrogens (tertiary/aromatic N) is 5. The van der Waals surface area contributed by atoms with Crippen molar-refractivity contribution in [1.29, 1.82) is 0 Å². The molecule has 132 valence electrons. The fourth-order valence-corrected chi connectivity index (χ4v) is 4.10. The Bertz CT molecular complexity index is 1060. The Labute approximate surface area is 154 Å². The lowest BCUT2D eigenvalue weighted by molar-refractivity contribution is -0.726. The number of hydrogen-bond acceptors (Lipinski definition) is 6. The van der Waals surface area contributed by atoms with Gasteiger partial charge in [-0.3, -0.25) is 4.40 Å². The Morgan fingerprint density at radius 3 is 3.15 bits per heavy atom. The molecule has 0 spiro atoms. The summed E-state index contributed by atoms with van der Waals surface area (Å²) >= 11 is 1.47. The molecule has 0 amide bonds. The Morgan fingerprint density at radius 2 is 2.35 bits per heavy atom. The van der Waals surface area contributed by atoms with E-state index in [9.17, 15) is 0 Å². The Balaban J connectivity index is 1.47. The predicted molar refractivity (Wildman–Crippen MR) is 99.6 cm³/mol. The van der Waals surface area contributed by atoms with Gasteiger partial charge in [-0.25, -0.2) is 9.97 Å². The minimum atomic E-state index is 0.512. The molecule has 9 heteroatoms. The number of aromatic amines is 1. The summed E-state index contributed by atoms with van der Waals surface area (Å²) < 4.78 is 8.56. The molecule has 4 aromatic rings. The van der Waals surface area contributed by atoms with E-state index in [-0.39, 0.29) is 0 Å². The third kappa shape index (κ3) is 2.65. The molecule has 1 fully saturated rings. The topological polar surface area (TPSA) is 86.8 Å². The van der Waals surface area contributed by atoms with E-state index in [0.717, 1.165) is 52.9 Å². The molecule has 1 aliphatic heterocycles. The van der Waals surface area contributed by atoms with Crippen LogP contribution in [0.5, 0.6) is 0 Å². The smallest absolute Gasteiger partial charge is 0.204 e. The number of fused-ring (bicyclic) bond motifs is 1. The fraction of sp³-hybridized carbons (Fsp3) is 0.294. The molecule has 0 saturated carbocycles. The van der Waals surface area contributed by atoms with Crippen molar-refractivity contribution in [1.82, 2.24) is 29.2 Å². The molecule has 1 aliphatic rings. The van der Waals surface area contributed by atoms with Gasteiger partial charge in [0.2, 0.25) is 6.20 Å². The second-order valence-electron chi connectivity index (χ2n) is 6.51. The summed E-state index contributed by atoms with van der Waals surface area (Å²) in [6, 6.07) is 2.13. The number of aryl methyl sites for hydroxylation is 1. The maximum absolute atomic E-state index is 4.61. The second-order valence-corrected chi connectivity index (χ2v) is 7.32. The molecule has 0 bridgehead atoms. The number of imidazole rings is 1. The molecule has 3 N–H and O–H groups in total. The standard InChI is InChI=1S/C17H18N8S/c1-24-10-12(8-21-24)14-9-20-17-16(19-4-5-25(14)17)22-15-6-13(23-26-15)11-2-3-18-7-11/h4-6,8-11,18H,2-3,7H2,1H3,(H,19,22,23)/p+1. The Morgan fingerprint density at radius 1 is 1.38 bits per heavy atom. The maximum Gasteiger partial charge on any atom is 0.204 e. The van der Waals surface area contributed by atoms with E-state index in [1.54, 1.807) is 6.20 Å². The van der Waals surface area contributed by atoms with Crippen LogP contribution >= 0.6 is 11.5 Å². The third-order valence-corrected chi connectivity index (χ3v) is 5.45. The molecule has 1 unspecified atom stereocenters. The van der Waals surface area contributed by atoms with Gasteiger partial charge in [-0.05, 0) is 30.6 Å². The summed E-state index contributed by atoms with van der Waals surface area (Å²) in [5.74, 6) is 1.25. The van der Waals surface area contributed by atoms with E-state index in [0.29, 0.717) is 5.92 Å². The van der Waals surface area contributed by atoms with Crippen LogP contribution in [0.2, 0.25) is 0 Å². The molecular weight excluding hydrogens is 348 g/mol. The number of rotatable bonds is 4. The van der Waals surface area contributed by atoms with Crippen molar-refractivity contribution in [3.63, 3.8) is 0 Å². The van der Waals surface area contributed by atoms with Crippen LogP contribution in [0.1, 0.15) is 18.0 Å². The van der Waals surface area contributed by atoms with Crippen molar-refractivity contribution in [2.75, 3.05) is 18.4 Å². The highest BCUT2D eigenvalue weighted by Crippen LogP contribution is 2.30. The highest BCUT2D eigenvalue weighted by Gasteiger charge is 2.20. The minimum absolute atomic E-state index is 0.512. The molecule has 5 rings (SSSR count). The molecule has 1 saturated heterocycles. The van der Waals surface area contributed by atoms with Crippen LogP contribution in [0.4, 0.5) is 10.8 Å². The number of nitrogens with one attached hydrogen (secondary N) is 3. The second kappa shape index (κ2) is 6.19. The van der Waals surface area contributed by atoms with Gasteiger partial charge in [0.1, 0.15) is 5.00 Å². The van der Waals surface area contributed by atoms with E-state index in [1.165, 1.54) is 11.5 Å². The van der Waals surface area contributed by atoms with Gasteiger partial charge >= 0.3 is 0 Å². The normalized spacial score (nSPS) is 17.2. The zero-order valence-corrected chi connectivity index (χ0v) is 15.1. The van der Waals surface area contributed by atoms with Crippen LogP contribution in [0.3, 0.4) is 0 Å². The quantitative estimate of drug-likeness (QED) is 0.479. The van der Waals surface area contributed by atoms with Crippen molar-refractivity contribution in [3.8, 4) is 11.3 Å². The first-order valence-corrected chi connectivity index (χ1v) is 9.36. The summed E-state index contributed by atoms with van der Waals surface area (Å²) in [6.07, 6.45) is 10.7. The van der Waals surface area contributed by atoms with Crippen molar-refractivity contribution in [2.45, 2.75) is 12.3 Å². The molecule has 5 heterocycles. The van der Waals surface area contributed by atoms with Gasteiger partial charge in [0.15, 0.2) is 18.5 Å². The first kappa shape index (κ1) is 15.5. The molecule has 0 radical (unpaired) electrons. The average Bonchev–Trinajstić information content (AvgIpc) is 3.42. The van der Waals surface area contributed by atoms with Crippen LogP contribution < -0.4 is 15.3 Å². The van der Waals surface area contributed by atoms with Crippen LogP contribution in [0.25, 0.3) is 16.9 Å². The number of anilines is 2. The summed E-state index contributed by atoms with van der Waals surface area (Å²) in [5, 5.41) is 10.9. The molecule has 0 aromatic carbocycles. The maximum atomic E-state index is 4.61. The average molecular weight is 367 g/mol. The van der Waals surface area contributed by atoms with Crippen LogP contribution in [0, 0.1) is 0 Å². The predicted octanol–water partition coefficient (Wildman–Crippen LogP) is 1.83. The molecule has 8 nitrogen and oxygen atoms in total. The summed E-state index contributed by atoms with van der Waals surface area (Å²) in [7, 11) is 1.96. The minimum Gasteiger partial charge on any atom is -0.328 e. The van der Waals surface area contributed by atoms with Crippen molar-refractivity contribution in [2.24, 2.45) is 7.05 Å². The zero-order valence-electron chi connectivity index (χ0n) is 14.3. The van der Waals surface area contributed by atoms with Gasteiger partial charge in [0, 0.05) is 24.9 Å². The van der Waals surface area contributed by atoms with Crippen LogP contribution in [-0.2, 0) is 7.05 Å². The van der Waals surface area contributed by atoms with Gasteiger partial charge in [-0.1, -0.05) is 0 Å². The molecular formula is C17H19N8S+. The van der Waals surface area contributed by atoms with Gasteiger partial charge in [-0.2, -0.15) is 9.47 Å². The first-order valence-electron chi connectivity index (χ1n) is 8.59. The molecule has 26 heavy (non-hydrogen) atoms. The lowest BCUT2D eigenvalue weighted by atomic mass is 10.1. The highest BCUT2D eigenvalue weighted by molar-refractivity contribution is 7.10. The summed E-state index contributed by atoms with van der Waals surface area (Å²) in [5.41, 5.74) is 4.04. The van der Waals surface area contributed by atoms with Gasteiger partial charge in [-0.15, -0.1) is 4.68 Å². The SMILES string of the molecule is C[n+]1cc(-c2cnc3c(Nc4cc(C5CCNC5)ns4)nccn23)c[nH]1. The summed E-state index contributed by atoms with van der Waals surface area (Å²) in [6.45, 7) is 2.08. The van der Waals surface area contributed by atoms with Crippen molar-refractivity contribution >= 4 is 28.0 Å². The monoisotopic (exact) mass is 367 g/mol. The van der Waals surface area contributed by atoms with Gasteiger partial charge in [0.05, 0.1) is 29.3 Å². The van der Waals surface area contributed by atoms with Crippen LogP contribution in [-0.4, -0.2) is 36.9 Å². The van der Waals surface area contributed by atoms with Gasteiger partial charge in [0.25, 0.3) is 0 Å². The number of hydrogen-bond donors (Lipinski definition) is 3. The molecule has 0 aliphatic carbocycles. The van der Waals surface area contributed by atoms with E-state index in [1.807, 2.05) is 40.9 Å². The van der Waals surface area contributed by atoms with Gasteiger partial charge < -0.3 is 10.6 Å². The highest BCUT2D eigenvalue weighted by atomic mass is 32.1. The number of aromatic nitrogens is 6. The Kier molecular flexibility index (Phi) is 3.68. The van der Waals surface area contributed by atoms with Crippen molar-refractivity contribution in [3.05, 3.63) is 42.7 Å². The Hall–Kier alpha value is -2.78. The first-order chi connectivity index (χ1) is 12.8. The third-order valence-electron chi connectivity index (χ3n) is 4.73. The largest absolute Gasteiger partial charge is 0.328 e. The fourth-order valence-electron chi connectivity index (χ4n) is 3.38. The lowest BCUT2D eigenvalue weighted by Crippen LogP contribution is -2.27. The number of H-pyrrole nitrogens is 1. The summed E-state index contributed by atoms with van der Waals surface area (Å²) in [4.78, 5) is 9.05. The van der Waals surface area contributed by atoms with E-state index < -0.39 is 0 Å². The zero-order chi connectivity index (χ0) is 17.5. The van der Waals surface area contributed by atoms with E-state index >= 15 is 0 Å². The van der Waals surface area contributed by atoms with E-state index in [4.69, 9.17) is 0 Å². The molecule has 4 aromatic heterocycles. The molecule has 1 atom stereocenters. The van der Waals surface area contributed by atoms with Crippen LogP contribution in [0.15, 0.2) is 37.1 Å².